The van der Waals surface area contributed by atoms with E-state index in [1.807, 2.05) is 26.0 Å². The zero-order valence-electron chi connectivity index (χ0n) is 10.4. The van der Waals surface area contributed by atoms with Crippen molar-refractivity contribution in [3.8, 4) is 0 Å². The molecule has 0 bridgehead atoms. The van der Waals surface area contributed by atoms with E-state index in [0.29, 0.717) is 0 Å². The quantitative estimate of drug-likeness (QED) is 0.826. The molecule has 0 radical (unpaired) electrons. The highest BCUT2D eigenvalue weighted by atomic mass is 16.2. The Balaban J connectivity index is 1.99. The molecule has 2 N–H and O–H groups in total. The summed E-state index contributed by atoms with van der Waals surface area (Å²) in [7, 11) is 0. The summed E-state index contributed by atoms with van der Waals surface area (Å²) in [4.78, 5) is 16.2. The molecule has 17 heavy (non-hydrogen) atoms. The summed E-state index contributed by atoms with van der Waals surface area (Å²) in [5.41, 5.74) is 0.823. The predicted octanol–water partition coefficient (Wildman–Crippen LogP) is 1.26. The lowest BCUT2D eigenvalue weighted by atomic mass is 9.88. The fraction of sp³-hybridized carbons (Fsp3) is 0.538. The molecule has 0 saturated carbocycles. The van der Waals surface area contributed by atoms with Crippen LogP contribution in [0.15, 0.2) is 24.5 Å². The van der Waals surface area contributed by atoms with E-state index in [9.17, 15) is 4.79 Å². The molecule has 1 fully saturated rings. The van der Waals surface area contributed by atoms with Crippen molar-refractivity contribution >= 4 is 5.91 Å². The van der Waals surface area contributed by atoms with Gasteiger partial charge in [-0.3, -0.25) is 9.78 Å². The first-order valence-electron chi connectivity index (χ1n) is 6.03. The lowest BCUT2D eigenvalue weighted by Crippen LogP contribution is -2.41. The first-order chi connectivity index (χ1) is 8.12. The van der Waals surface area contributed by atoms with Gasteiger partial charge in [0.15, 0.2) is 0 Å². The van der Waals surface area contributed by atoms with Crippen molar-refractivity contribution in [3.63, 3.8) is 0 Å². The third-order valence-corrected chi connectivity index (χ3v) is 3.47. The monoisotopic (exact) mass is 233 g/mol. The van der Waals surface area contributed by atoms with E-state index in [-0.39, 0.29) is 17.4 Å². The van der Waals surface area contributed by atoms with E-state index in [1.165, 1.54) is 0 Å². The van der Waals surface area contributed by atoms with Crippen LogP contribution in [0, 0.1) is 5.41 Å². The van der Waals surface area contributed by atoms with Crippen LogP contribution in [0.2, 0.25) is 0 Å². The van der Waals surface area contributed by atoms with E-state index < -0.39 is 0 Å². The van der Waals surface area contributed by atoms with Crippen molar-refractivity contribution < 1.29 is 4.79 Å². The topological polar surface area (TPSA) is 54.0 Å². The van der Waals surface area contributed by atoms with Gasteiger partial charge in [0.05, 0.1) is 11.5 Å². The standard InChI is InChI=1S/C13H19N3O/c1-10(11-3-6-14-7-4-11)16-12(17)13(2)5-8-15-9-13/h3-4,6-7,10,15H,5,8-9H2,1-2H3,(H,16,17). The summed E-state index contributed by atoms with van der Waals surface area (Å²) in [6.07, 6.45) is 4.40. The Bertz CT molecular complexity index is 385. The van der Waals surface area contributed by atoms with E-state index in [2.05, 4.69) is 15.6 Å². The van der Waals surface area contributed by atoms with Crippen LogP contribution in [0.3, 0.4) is 0 Å². The summed E-state index contributed by atoms with van der Waals surface area (Å²) in [5, 5.41) is 6.31. The highest BCUT2D eigenvalue weighted by Crippen LogP contribution is 2.25. The van der Waals surface area contributed by atoms with Crippen molar-refractivity contribution in [1.29, 1.82) is 0 Å². The van der Waals surface area contributed by atoms with E-state index in [1.54, 1.807) is 12.4 Å². The van der Waals surface area contributed by atoms with Crippen molar-refractivity contribution in [2.75, 3.05) is 13.1 Å². The lowest BCUT2D eigenvalue weighted by molar-refractivity contribution is -0.129. The van der Waals surface area contributed by atoms with Crippen LogP contribution in [-0.4, -0.2) is 24.0 Å². The first kappa shape index (κ1) is 12.0. The average molecular weight is 233 g/mol. The Morgan fingerprint density at radius 1 is 1.53 bits per heavy atom. The molecule has 2 atom stereocenters. The fourth-order valence-electron chi connectivity index (χ4n) is 2.12. The zero-order chi connectivity index (χ0) is 12.3. The van der Waals surface area contributed by atoms with Crippen LogP contribution < -0.4 is 10.6 Å². The normalized spacial score (nSPS) is 25.5. The minimum absolute atomic E-state index is 0.0305. The Morgan fingerprint density at radius 3 is 2.82 bits per heavy atom. The van der Waals surface area contributed by atoms with Gasteiger partial charge in [-0.25, -0.2) is 0 Å². The van der Waals surface area contributed by atoms with Gasteiger partial charge in [-0.2, -0.15) is 0 Å². The Morgan fingerprint density at radius 2 is 2.24 bits per heavy atom. The Hall–Kier alpha value is -1.42. The molecule has 1 amide bonds. The second-order valence-electron chi connectivity index (χ2n) is 4.96. The Kier molecular flexibility index (Phi) is 3.43. The van der Waals surface area contributed by atoms with Crippen molar-refractivity contribution in [2.24, 2.45) is 5.41 Å². The average Bonchev–Trinajstić information content (AvgIpc) is 2.78. The second kappa shape index (κ2) is 4.84. The molecule has 0 aromatic carbocycles. The van der Waals surface area contributed by atoms with E-state index >= 15 is 0 Å². The number of amides is 1. The van der Waals surface area contributed by atoms with Crippen molar-refractivity contribution in [3.05, 3.63) is 30.1 Å². The highest BCUT2D eigenvalue weighted by molar-refractivity contribution is 5.83. The summed E-state index contributed by atoms with van der Waals surface area (Å²) in [6.45, 7) is 5.70. The smallest absolute Gasteiger partial charge is 0.227 e. The van der Waals surface area contributed by atoms with Crippen LogP contribution >= 0.6 is 0 Å². The molecule has 1 aromatic heterocycles. The molecule has 0 aliphatic carbocycles. The molecule has 4 nitrogen and oxygen atoms in total. The predicted molar refractivity (Wildman–Crippen MR) is 66.4 cm³/mol. The molecular formula is C13H19N3O. The number of nitrogens with one attached hydrogen (secondary N) is 2. The van der Waals surface area contributed by atoms with Gasteiger partial charge in [0.25, 0.3) is 0 Å². The number of aromatic nitrogens is 1. The summed E-state index contributed by atoms with van der Waals surface area (Å²) in [6, 6.07) is 3.89. The molecule has 2 unspecified atom stereocenters. The Labute approximate surface area is 102 Å². The van der Waals surface area contributed by atoms with E-state index in [0.717, 1.165) is 25.1 Å². The molecule has 1 aliphatic rings. The number of hydrogen-bond acceptors (Lipinski definition) is 3. The summed E-state index contributed by atoms with van der Waals surface area (Å²) >= 11 is 0. The van der Waals surface area contributed by atoms with Crippen molar-refractivity contribution in [1.82, 2.24) is 15.6 Å². The number of hydrogen-bond donors (Lipinski definition) is 2. The van der Waals surface area contributed by atoms with Gasteiger partial charge in [0, 0.05) is 18.9 Å². The zero-order valence-corrected chi connectivity index (χ0v) is 10.4. The number of carbonyl (C=O) groups excluding carboxylic acids is 1. The second-order valence-corrected chi connectivity index (χ2v) is 4.96. The van der Waals surface area contributed by atoms with Gasteiger partial charge >= 0.3 is 0 Å². The highest BCUT2D eigenvalue weighted by Gasteiger charge is 2.36. The molecule has 2 heterocycles. The lowest BCUT2D eigenvalue weighted by Gasteiger charge is -2.24. The van der Waals surface area contributed by atoms with Crippen molar-refractivity contribution in [2.45, 2.75) is 26.3 Å². The number of rotatable bonds is 3. The van der Waals surface area contributed by atoms with Gasteiger partial charge in [0.1, 0.15) is 0 Å². The van der Waals surface area contributed by atoms with Gasteiger partial charge in [-0.05, 0) is 44.5 Å². The fourth-order valence-corrected chi connectivity index (χ4v) is 2.12. The van der Waals surface area contributed by atoms with E-state index in [4.69, 9.17) is 0 Å². The molecule has 4 heteroatoms. The van der Waals surface area contributed by atoms with Gasteiger partial charge < -0.3 is 10.6 Å². The maximum absolute atomic E-state index is 12.2. The largest absolute Gasteiger partial charge is 0.349 e. The maximum Gasteiger partial charge on any atom is 0.227 e. The minimum Gasteiger partial charge on any atom is -0.349 e. The van der Waals surface area contributed by atoms with Crippen LogP contribution in [-0.2, 0) is 4.79 Å². The molecular weight excluding hydrogens is 214 g/mol. The summed E-state index contributed by atoms with van der Waals surface area (Å²) < 4.78 is 0. The molecule has 2 rings (SSSR count). The summed E-state index contributed by atoms with van der Waals surface area (Å²) in [5.74, 6) is 0.131. The molecule has 1 saturated heterocycles. The third-order valence-electron chi connectivity index (χ3n) is 3.47. The number of nitrogens with zero attached hydrogens (tertiary/aromatic N) is 1. The molecule has 1 aliphatic heterocycles. The maximum atomic E-state index is 12.2. The third kappa shape index (κ3) is 2.64. The van der Waals surface area contributed by atoms with Gasteiger partial charge in [-0.15, -0.1) is 0 Å². The first-order valence-corrected chi connectivity index (χ1v) is 6.03. The number of carbonyl (C=O) groups is 1. The van der Waals surface area contributed by atoms with Gasteiger partial charge in [0.2, 0.25) is 5.91 Å². The van der Waals surface area contributed by atoms with Crippen LogP contribution in [0.5, 0.6) is 0 Å². The SMILES string of the molecule is CC(NC(=O)C1(C)CCNC1)c1ccncc1. The van der Waals surface area contributed by atoms with Gasteiger partial charge in [-0.1, -0.05) is 0 Å². The number of pyridine rings is 1. The van der Waals surface area contributed by atoms with Crippen LogP contribution in [0.25, 0.3) is 0 Å². The molecule has 0 spiro atoms. The molecule has 92 valence electrons. The molecule has 1 aromatic rings. The van der Waals surface area contributed by atoms with Crippen LogP contribution in [0.1, 0.15) is 31.9 Å². The van der Waals surface area contributed by atoms with Crippen LogP contribution in [0.4, 0.5) is 0 Å². The minimum atomic E-state index is -0.263.